The second-order valence-electron chi connectivity index (χ2n) is 6.61. The zero-order chi connectivity index (χ0) is 23.1. The second kappa shape index (κ2) is 11.4. The van der Waals surface area contributed by atoms with Gasteiger partial charge in [0.25, 0.3) is 0 Å². The van der Waals surface area contributed by atoms with Crippen molar-refractivity contribution in [3.05, 3.63) is 0 Å². The van der Waals surface area contributed by atoms with E-state index in [4.69, 9.17) is 23.7 Å². The van der Waals surface area contributed by atoms with Crippen molar-refractivity contribution in [1.82, 2.24) is 5.32 Å². The molecule has 1 heterocycles. The molecular formula is C17H26F3NO9. The molecule has 0 bridgehead atoms. The lowest BCUT2D eigenvalue weighted by atomic mass is 10.0. The van der Waals surface area contributed by atoms with Crippen LogP contribution >= 0.6 is 0 Å². The topological polar surface area (TPSA) is 130 Å². The van der Waals surface area contributed by atoms with E-state index in [0.717, 1.165) is 20.8 Å². The maximum Gasteiger partial charge on any atom is 0.415 e. The Labute approximate surface area is 170 Å². The number of hydrogen-bond donors (Lipinski definition) is 2. The summed E-state index contributed by atoms with van der Waals surface area (Å²) >= 11 is 0. The van der Waals surface area contributed by atoms with Gasteiger partial charge in [-0.25, -0.2) is 0 Å². The van der Waals surface area contributed by atoms with E-state index in [1.165, 1.54) is 7.11 Å². The van der Waals surface area contributed by atoms with Crippen molar-refractivity contribution in [2.24, 2.45) is 0 Å². The van der Waals surface area contributed by atoms with E-state index >= 15 is 0 Å². The summed E-state index contributed by atoms with van der Waals surface area (Å²) in [6.07, 6.45) is -12.4. The monoisotopic (exact) mass is 445 g/mol. The van der Waals surface area contributed by atoms with Crippen LogP contribution in [-0.4, -0.2) is 86.2 Å². The average molecular weight is 445 g/mol. The van der Waals surface area contributed by atoms with Crippen molar-refractivity contribution in [3.63, 3.8) is 0 Å². The van der Waals surface area contributed by atoms with Crippen molar-refractivity contribution in [2.45, 2.75) is 70.1 Å². The van der Waals surface area contributed by atoms with Gasteiger partial charge in [-0.3, -0.25) is 14.4 Å². The van der Waals surface area contributed by atoms with Gasteiger partial charge in [0.1, 0.15) is 18.8 Å². The van der Waals surface area contributed by atoms with Crippen molar-refractivity contribution < 1.29 is 56.3 Å². The Morgan fingerprint density at radius 2 is 1.73 bits per heavy atom. The number of hydrogen-bond acceptors (Lipinski definition) is 10. The minimum absolute atomic E-state index is 0.183. The third-order valence-corrected chi connectivity index (χ3v) is 4.11. The standard InChI is InChI=1S/C17H26F3NO9/c1-8(22)27-7-13-15(29-10(3)24)12(28-9(2)23)5-11(16(26-4)30-13)21-6-14(25)17(18,19)20/h11-16,21,25H,5-7H2,1-4H3. The Bertz CT molecular complexity index is 602. The molecule has 6 atom stereocenters. The average Bonchev–Trinajstić information content (AvgIpc) is 2.73. The smallest absolute Gasteiger partial charge is 0.415 e. The quantitative estimate of drug-likeness (QED) is 0.391. The molecule has 1 fully saturated rings. The lowest BCUT2D eigenvalue weighted by Crippen LogP contribution is -2.49. The molecule has 10 nitrogen and oxygen atoms in total. The maximum atomic E-state index is 12.6. The molecule has 0 amide bonds. The zero-order valence-electron chi connectivity index (χ0n) is 16.9. The number of methoxy groups -OCH3 is 1. The SMILES string of the molecule is COC1OC(COC(C)=O)C(OC(C)=O)C(OC(C)=O)CC1NCC(O)C(F)(F)F. The van der Waals surface area contributed by atoms with Crippen LogP contribution in [0.5, 0.6) is 0 Å². The van der Waals surface area contributed by atoms with E-state index in [1.54, 1.807) is 0 Å². The van der Waals surface area contributed by atoms with Crippen LogP contribution in [0.25, 0.3) is 0 Å². The molecule has 0 spiro atoms. The maximum absolute atomic E-state index is 12.6. The van der Waals surface area contributed by atoms with E-state index < -0.39 is 74.0 Å². The Morgan fingerprint density at radius 3 is 2.20 bits per heavy atom. The number of aliphatic hydroxyl groups excluding tert-OH is 1. The van der Waals surface area contributed by atoms with E-state index in [2.05, 4.69) is 5.32 Å². The van der Waals surface area contributed by atoms with Crippen LogP contribution in [0.15, 0.2) is 0 Å². The summed E-state index contributed by atoms with van der Waals surface area (Å²) in [6, 6.07) is -1.00. The molecule has 0 aliphatic carbocycles. The highest BCUT2D eigenvalue weighted by Crippen LogP contribution is 2.27. The predicted octanol–water partition coefficient (Wildman–Crippen LogP) is 0.0557. The molecular weight excluding hydrogens is 419 g/mol. The molecule has 1 aliphatic rings. The van der Waals surface area contributed by atoms with Crippen molar-refractivity contribution in [3.8, 4) is 0 Å². The highest BCUT2D eigenvalue weighted by atomic mass is 19.4. The molecule has 1 saturated heterocycles. The van der Waals surface area contributed by atoms with Gasteiger partial charge in [0.2, 0.25) is 0 Å². The largest absolute Gasteiger partial charge is 0.463 e. The van der Waals surface area contributed by atoms with Crippen LogP contribution in [0.2, 0.25) is 0 Å². The summed E-state index contributed by atoms with van der Waals surface area (Å²) < 4.78 is 64.1. The lowest BCUT2D eigenvalue weighted by molar-refractivity contribution is -0.214. The summed E-state index contributed by atoms with van der Waals surface area (Å²) in [6.45, 7) is 2.04. The summed E-state index contributed by atoms with van der Waals surface area (Å²) in [4.78, 5) is 34.3. The second-order valence-corrected chi connectivity index (χ2v) is 6.61. The number of ether oxygens (including phenoxy) is 5. The first-order valence-corrected chi connectivity index (χ1v) is 8.99. The minimum Gasteiger partial charge on any atom is -0.463 e. The van der Waals surface area contributed by atoms with Crippen molar-refractivity contribution >= 4 is 17.9 Å². The number of rotatable bonds is 8. The van der Waals surface area contributed by atoms with Crippen LogP contribution in [-0.2, 0) is 38.1 Å². The number of carbonyl (C=O) groups is 3. The highest BCUT2D eigenvalue weighted by Gasteiger charge is 2.46. The lowest BCUT2D eigenvalue weighted by Gasteiger charge is -2.29. The van der Waals surface area contributed by atoms with Gasteiger partial charge < -0.3 is 34.1 Å². The van der Waals surface area contributed by atoms with Crippen LogP contribution in [0.1, 0.15) is 27.2 Å². The fourth-order valence-electron chi connectivity index (χ4n) is 2.86. The molecule has 174 valence electrons. The first-order chi connectivity index (χ1) is 13.8. The molecule has 0 saturated carbocycles. The molecule has 30 heavy (non-hydrogen) atoms. The fraction of sp³-hybridized carbons (Fsp3) is 0.824. The molecule has 0 aromatic rings. The van der Waals surface area contributed by atoms with Gasteiger partial charge in [-0.2, -0.15) is 13.2 Å². The zero-order valence-corrected chi connectivity index (χ0v) is 16.9. The van der Waals surface area contributed by atoms with Crippen LogP contribution < -0.4 is 5.32 Å². The Morgan fingerprint density at radius 1 is 1.13 bits per heavy atom. The number of alkyl halides is 3. The molecule has 13 heteroatoms. The summed E-state index contributed by atoms with van der Waals surface area (Å²) in [5, 5.41) is 11.7. The van der Waals surface area contributed by atoms with Gasteiger partial charge in [0.15, 0.2) is 18.5 Å². The minimum atomic E-state index is -4.85. The Kier molecular flexibility index (Phi) is 9.94. The van der Waals surface area contributed by atoms with E-state index in [1.807, 2.05) is 0 Å². The van der Waals surface area contributed by atoms with E-state index in [0.29, 0.717) is 0 Å². The van der Waals surface area contributed by atoms with Gasteiger partial charge in [0.05, 0.1) is 6.04 Å². The molecule has 0 radical (unpaired) electrons. The normalized spacial score (nSPS) is 28.2. The van der Waals surface area contributed by atoms with Gasteiger partial charge in [-0.15, -0.1) is 0 Å². The molecule has 6 unspecified atom stereocenters. The summed E-state index contributed by atoms with van der Waals surface area (Å²) in [5.41, 5.74) is 0. The van der Waals surface area contributed by atoms with Gasteiger partial charge >= 0.3 is 24.1 Å². The molecule has 0 aromatic heterocycles. The summed E-state index contributed by atoms with van der Waals surface area (Å²) in [7, 11) is 1.22. The third kappa shape index (κ3) is 8.42. The number of aliphatic hydroxyl groups is 1. The van der Waals surface area contributed by atoms with Crippen LogP contribution in [0.4, 0.5) is 13.2 Å². The molecule has 2 N–H and O–H groups in total. The van der Waals surface area contributed by atoms with Gasteiger partial charge in [0, 0.05) is 40.8 Å². The first kappa shape index (κ1) is 26.1. The molecule has 1 rings (SSSR count). The number of esters is 3. The van der Waals surface area contributed by atoms with Crippen LogP contribution in [0.3, 0.4) is 0 Å². The Balaban J connectivity index is 3.16. The number of nitrogens with one attached hydrogen (secondary N) is 1. The van der Waals surface area contributed by atoms with E-state index in [-0.39, 0.29) is 6.42 Å². The Hall–Kier alpha value is -1.96. The number of carbonyl (C=O) groups excluding carboxylic acids is 3. The molecule has 1 aliphatic heterocycles. The van der Waals surface area contributed by atoms with Gasteiger partial charge in [-0.05, 0) is 0 Å². The summed E-state index contributed by atoms with van der Waals surface area (Å²) in [5.74, 6) is -2.15. The predicted molar refractivity (Wildman–Crippen MR) is 91.9 cm³/mol. The number of halogens is 3. The third-order valence-electron chi connectivity index (χ3n) is 4.11. The van der Waals surface area contributed by atoms with Crippen LogP contribution in [0, 0.1) is 0 Å². The van der Waals surface area contributed by atoms with Crippen molar-refractivity contribution in [1.29, 1.82) is 0 Å². The van der Waals surface area contributed by atoms with E-state index in [9.17, 15) is 32.7 Å². The van der Waals surface area contributed by atoms with Crippen molar-refractivity contribution in [2.75, 3.05) is 20.3 Å². The van der Waals surface area contributed by atoms with Gasteiger partial charge in [-0.1, -0.05) is 0 Å². The fourth-order valence-corrected chi connectivity index (χ4v) is 2.86. The molecule has 0 aromatic carbocycles. The highest BCUT2D eigenvalue weighted by molar-refractivity contribution is 5.67. The first-order valence-electron chi connectivity index (χ1n) is 8.99.